The van der Waals surface area contributed by atoms with Crippen molar-refractivity contribution in [2.75, 3.05) is 0 Å². The fraction of sp³-hybridized carbons (Fsp3) is 0.450. The number of carbonyl (C=O) groups excluding carboxylic acids is 1. The third-order valence-corrected chi connectivity index (χ3v) is 4.06. The molecule has 1 nitrogen and oxygen atoms in total. The first-order chi connectivity index (χ1) is 9.86. The van der Waals surface area contributed by atoms with Crippen molar-refractivity contribution in [2.24, 2.45) is 5.41 Å². The lowest BCUT2D eigenvalue weighted by atomic mass is 9.73. The van der Waals surface area contributed by atoms with Gasteiger partial charge in [0.05, 0.1) is 0 Å². The molecular weight excluding hydrogens is 256 g/mol. The van der Waals surface area contributed by atoms with Crippen molar-refractivity contribution in [3.8, 4) is 0 Å². The molecule has 0 aromatic heterocycles. The van der Waals surface area contributed by atoms with Crippen LogP contribution < -0.4 is 0 Å². The van der Waals surface area contributed by atoms with Crippen molar-refractivity contribution in [3.63, 3.8) is 0 Å². The van der Waals surface area contributed by atoms with Crippen molar-refractivity contribution in [3.05, 3.63) is 58.7 Å². The Bertz CT molecular complexity index is 522. The molecule has 0 aliphatic heterocycles. The Morgan fingerprint density at radius 2 is 2.00 bits per heavy atom. The molecule has 0 amide bonds. The van der Waals surface area contributed by atoms with Crippen LogP contribution in [0.4, 0.5) is 0 Å². The van der Waals surface area contributed by atoms with Gasteiger partial charge in [-0.05, 0) is 57.1 Å². The summed E-state index contributed by atoms with van der Waals surface area (Å²) in [5, 5.41) is 0. The van der Waals surface area contributed by atoms with Crippen molar-refractivity contribution in [2.45, 2.75) is 53.9 Å². The molecular formula is C20H28O. The normalized spacial score (nSPS) is 21.8. The SMILES string of the molecule is CC1=CCCC(C)(C)\C1=C/C=C(C)\C=C\C/C(C)=C/C=O. The van der Waals surface area contributed by atoms with E-state index in [1.54, 1.807) is 6.08 Å². The molecule has 0 aromatic carbocycles. The number of hydrogen-bond acceptors (Lipinski definition) is 1. The van der Waals surface area contributed by atoms with Gasteiger partial charge in [0, 0.05) is 0 Å². The third-order valence-electron chi connectivity index (χ3n) is 4.06. The first-order valence-electron chi connectivity index (χ1n) is 7.70. The Kier molecular flexibility index (Phi) is 6.61. The van der Waals surface area contributed by atoms with Crippen LogP contribution in [0.25, 0.3) is 0 Å². The molecule has 0 unspecified atom stereocenters. The van der Waals surface area contributed by atoms with Crippen molar-refractivity contribution in [1.82, 2.24) is 0 Å². The number of aldehydes is 1. The third kappa shape index (κ3) is 5.71. The molecule has 0 saturated heterocycles. The van der Waals surface area contributed by atoms with E-state index in [9.17, 15) is 4.79 Å². The van der Waals surface area contributed by atoms with E-state index < -0.39 is 0 Å². The lowest BCUT2D eigenvalue weighted by molar-refractivity contribution is -0.104. The van der Waals surface area contributed by atoms with Crippen LogP contribution in [0.2, 0.25) is 0 Å². The molecule has 0 spiro atoms. The molecule has 0 N–H and O–H groups in total. The highest BCUT2D eigenvalue weighted by molar-refractivity contribution is 5.65. The van der Waals surface area contributed by atoms with E-state index in [2.05, 4.69) is 58.1 Å². The molecule has 0 fully saturated rings. The van der Waals surface area contributed by atoms with Crippen LogP contribution in [0.15, 0.2) is 58.7 Å². The molecule has 114 valence electrons. The van der Waals surface area contributed by atoms with Gasteiger partial charge in [0.1, 0.15) is 6.29 Å². The average molecular weight is 284 g/mol. The minimum atomic E-state index is 0.266. The standard InChI is InChI=1S/C20H28O/c1-16(8-6-9-17(2)13-15-21)11-12-19-18(3)10-7-14-20(19,4)5/h6,8,10-13,15H,7,9,14H2,1-5H3/b8-6+,16-11-,17-13+,19-12-. The number of carbonyl (C=O) groups is 1. The highest BCUT2D eigenvalue weighted by atomic mass is 16.1. The first kappa shape index (κ1) is 17.4. The summed E-state index contributed by atoms with van der Waals surface area (Å²) in [6.45, 7) is 10.9. The summed E-state index contributed by atoms with van der Waals surface area (Å²) in [5.74, 6) is 0. The zero-order valence-corrected chi connectivity index (χ0v) is 14.1. The summed E-state index contributed by atoms with van der Waals surface area (Å²) in [6.07, 6.45) is 16.7. The molecule has 0 bridgehead atoms. The number of allylic oxidation sites excluding steroid dienone is 10. The van der Waals surface area contributed by atoms with Gasteiger partial charge in [-0.2, -0.15) is 0 Å². The smallest absolute Gasteiger partial charge is 0.142 e. The summed E-state index contributed by atoms with van der Waals surface area (Å²) in [5.41, 5.74) is 5.43. The summed E-state index contributed by atoms with van der Waals surface area (Å²) in [6, 6.07) is 0. The summed E-state index contributed by atoms with van der Waals surface area (Å²) < 4.78 is 0. The monoisotopic (exact) mass is 284 g/mol. The van der Waals surface area contributed by atoms with E-state index >= 15 is 0 Å². The first-order valence-corrected chi connectivity index (χ1v) is 7.70. The van der Waals surface area contributed by atoms with Gasteiger partial charge in [0.15, 0.2) is 0 Å². The Morgan fingerprint density at radius 3 is 2.62 bits per heavy atom. The fourth-order valence-corrected chi connectivity index (χ4v) is 2.67. The highest BCUT2D eigenvalue weighted by Gasteiger charge is 2.26. The summed E-state index contributed by atoms with van der Waals surface area (Å²) in [4.78, 5) is 10.4. The lowest BCUT2D eigenvalue weighted by Gasteiger charge is -2.32. The van der Waals surface area contributed by atoms with E-state index in [1.165, 1.54) is 29.6 Å². The molecule has 1 aliphatic rings. The quantitative estimate of drug-likeness (QED) is 0.358. The second-order valence-corrected chi connectivity index (χ2v) is 6.56. The molecule has 1 heteroatoms. The molecule has 21 heavy (non-hydrogen) atoms. The predicted molar refractivity (Wildman–Crippen MR) is 92.2 cm³/mol. The molecule has 0 atom stereocenters. The van der Waals surface area contributed by atoms with E-state index in [4.69, 9.17) is 0 Å². The molecule has 0 radical (unpaired) electrons. The molecule has 0 heterocycles. The molecule has 0 saturated carbocycles. The van der Waals surface area contributed by atoms with Crippen molar-refractivity contribution < 1.29 is 4.79 Å². The van der Waals surface area contributed by atoms with Crippen LogP contribution in [-0.4, -0.2) is 6.29 Å². The van der Waals surface area contributed by atoms with Crippen LogP contribution in [0, 0.1) is 5.41 Å². The van der Waals surface area contributed by atoms with E-state index in [1.807, 2.05) is 6.92 Å². The van der Waals surface area contributed by atoms with Gasteiger partial charge < -0.3 is 0 Å². The van der Waals surface area contributed by atoms with E-state index in [-0.39, 0.29) is 5.41 Å². The minimum absolute atomic E-state index is 0.266. The van der Waals surface area contributed by atoms with Gasteiger partial charge in [-0.1, -0.05) is 60.9 Å². The summed E-state index contributed by atoms with van der Waals surface area (Å²) in [7, 11) is 0. The Balaban J connectivity index is 2.78. The molecule has 0 aromatic rings. The number of rotatable bonds is 5. The van der Waals surface area contributed by atoms with Gasteiger partial charge in [0.2, 0.25) is 0 Å². The van der Waals surface area contributed by atoms with Gasteiger partial charge in [-0.25, -0.2) is 0 Å². The second-order valence-electron chi connectivity index (χ2n) is 6.56. The minimum Gasteiger partial charge on any atom is -0.299 e. The topological polar surface area (TPSA) is 17.1 Å². The van der Waals surface area contributed by atoms with Crippen LogP contribution in [-0.2, 0) is 4.79 Å². The zero-order valence-electron chi connectivity index (χ0n) is 14.1. The zero-order chi connectivity index (χ0) is 15.9. The van der Waals surface area contributed by atoms with E-state index in [0.29, 0.717) is 0 Å². The van der Waals surface area contributed by atoms with Crippen LogP contribution in [0.5, 0.6) is 0 Å². The van der Waals surface area contributed by atoms with Crippen LogP contribution in [0.3, 0.4) is 0 Å². The maximum absolute atomic E-state index is 10.4. The van der Waals surface area contributed by atoms with Crippen LogP contribution >= 0.6 is 0 Å². The van der Waals surface area contributed by atoms with Gasteiger partial charge in [0.25, 0.3) is 0 Å². The lowest BCUT2D eigenvalue weighted by Crippen LogP contribution is -2.18. The Labute approximate surface area is 129 Å². The number of hydrogen-bond donors (Lipinski definition) is 0. The fourth-order valence-electron chi connectivity index (χ4n) is 2.67. The summed E-state index contributed by atoms with van der Waals surface area (Å²) >= 11 is 0. The van der Waals surface area contributed by atoms with E-state index in [0.717, 1.165) is 18.3 Å². The Morgan fingerprint density at radius 1 is 1.29 bits per heavy atom. The second kappa shape index (κ2) is 7.97. The van der Waals surface area contributed by atoms with Crippen LogP contribution in [0.1, 0.15) is 53.9 Å². The van der Waals surface area contributed by atoms with Gasteiger partial charge >= 0.3 is 0 Å². The van der Waals surface area contributed by atoms with Crippen molar-refractivity contribution in [1.29, 1.82) is 0 Å². The largest absolute Gasteiger partial charge is 0.299 e. The average Bonchev–Trinajstić information content (AvgIpc) is 2.37. The predicted octanol–water partition coefficient (Wildman–Crippen LogP) is 5.72. The Hall–Kier alpha value is -1.63. The van der Waals surface area contributed by atoms with Gasteiger partial charge in [-0.3, -0.25) is 4.79 Å². The molecule has 1 aliphatic carbocycles. The van der Waals surface area contributed by atoms with Crippen molar-refractivity contribution >= 4 is 6.29 Å². The molecule has 1 rings (SSSR count). The maximum Gasteiger partial charge on any atom is 0.142 e. The highest BCUT2D eigenvalue weighted by Crippen LogP contribution is 2.40. The van der Waals surface area contributed by atoms with Gasteiger partial charge in [-0.15, -0.1) is 0 Å². The maximum atomic E-state index is 10.4.